The van der Waals surface area contributed by atoms with Crippen molar-refractivity contribution in [2.75, 3.05) is 25.0 Å². The van der Waals surface area contributed by atoms with E-state index in [1.807, 2.05) is 30.1 Å². The lowest BCUT2D eigenvalue weighted by Gasteiger charge is -2.35. The minimum atomic E-state index is -3.81. The molecule has 0 aliphatic carbocycles. The summed E-state index contributed by atoms with van der Waals surface area (Å²) in [5.41, 5.74) is 3.13. The van der Waals surface area contributed by atoms with Crippen molar-refractivity contribution in [3.8, 4) is 5.75 Å². The molecule has 2 aromatic rings. The summed E-state index contributed by atoms with van der Waals surface area (Å²) >= 11 is 0. The third-order valence-electron chi connectivity index (χ3n) is 5.08. The Hall–Kier alpha value is -2.78. The molecule has 2 N–H and O–H groups in total. The lowest BCUT2D eigenvalue weighted by Crippen LogP contribution is -2.36. The Labute approximate surface area is 164 Å². The van der Waals surface area contributed by atoms with Gasteiger partial charge in [0.05, 0.1) is 24.0 Å². The third-order valence-corrected chi connectivity index (χ3v) is 6.05. The second kappa shape index (κ2) is 6.99. The topological polar surface area (TPSA) is 97.5 Å². The molecule has 1 atom stereocenters. The summed E-state index contributed by atoms with van der Waals surface area (Å²) in [4.78, 5) is 6.66. The fraction of sp³-hybridized carbons (Fsp3) is 0.316. The van der Waals surface area contributed by atoms with Gasteiger partial charge in [-0.2, -0.15) is 13.4 Å². The average Bonchev–Trinajstić information content (AvgIpc) is 2.70. The van der Waals surface area contributed by atoms with Crippen LogP contribution in [-0.2, 0) is 21.6 Å². The number of hydrogen-bond acceptors (Lipinski definition) is 6. The van der Waals surface area contributed by atoms with Crippen LogP contribution in [0.5, 0.6) is 5.75 Å². The molecule has 0 fully saturated rings. The number of fused-ring (bicyclic) bond motifs is 2. The minimum Gasteiger partial charge on any atom is -0.493 e. The summed E-state index contributed by atoms with van der Waals surface area (Å²) in [6.45, 7) is 0.939. The molecule has 4 rings (SSSR count). The third kappa shape index (κ3) is 3.38. The normalized spacial score (nSPS) is 18.1. The van der Waals surface area contributed by atoms with Crippen molar-refractivity contribution >= 4 is 27.6 Å². The van der Waals surface area contributed by atoms with E-state index >= 15 is 0 Å². The Morgan fingerprint density at radius 2 is 1.93 bits per heavy atom. The number of aliphatic imine (C=N–C) groups is 1. The fourth-order valence-electron chi connectivity index (χ4n) is 3.46. The maximum absolute atomic E-state index is 11.5. The number of hydrogen-bond donors (Lipinski definition) is 1. The highest BCUT2D eigenvalue weighted by atomic mass is 32.2. The van der Waals surface area contributed by atoms with Gasteiger partial charge in [0.15, 0.2) is 0 Å². The highest BCUT2D eigenvalue weighted by molar-refractivity contribution is 7.90. The molecule has 0 spiro atoms. The molecule has 0 saturated heterocycles. The van der Waals surface area contributed by atoms with E-state index in [1.165, 1.54) is 7.05 Å². The smallest absolute Gasteiger partial charge is 0.298 e. The molecule has 2 heterocycles. The molecule has 9 heteroatoms. The van der Waals surface area contributed by atoms with Gasteiger partial charge < -0.3 is 14.4 Å². The number of para-hydroxylation sites is 1. The maximum Gasteiger partial charge on any atom is 0.298 e. The van der Waals surface area contributed by atoms with E-state index in [0.29, 0.717) is 24.9 Å². The van der Waals surface area contributed by atoms with E-state index < -0.39 is 10.2 Å². The Morgan fingerprint density at radius 3 is 2.71 bits per heavy atom. The van der Waals surface area contributed by atoms with Crippen LogP contribution in [0, 0.1) is 0 Å². The lowest BCUT2D eigenvalue weighted by atomic mass is 9.99. The fourth-order valence-corrected chi connectivity index (χ4v) is 3.86. The van der Waals surface area contributed by atoms with E-state index in [1.54, 1.807) is 18.2 Å². The number of anilines is 1. The van der Waals surface area contributed by atoms with Gasteiger partial charge in [-0.1, -0.05) is 18.2 Å². The summed E-state index contributed by atoms with van der Waals surface area (Å²) in [6, 6.07) is 13.8. The van der Waals surface area contributed by atoms with E-state index in [0.717, 1.165) is 33.3 Å². The Balaban J connectivity index is 1.61. The SMILES string of the molecule is CN(C1=Nc2ccc(N(C)S(N)(=O)=O)cc2CO1)C1CCOc2ccccc21. The Kier molecular flexibility index (Phi) is 4.64. The molecule has 2 aromatic carbocycles. The first kappa shape index (κ1) is 18.6. The Bertz CT molecular complexity index is 1040. The summed E-state index contributed by atoms with van der Waals surface area (Å²) < 4.78 is 35.7. The molecule has 0 bridgehead atoms. The maximum atomic E-state index is 11.5. The molecule has 8 nitrogen and oxygen atoms in total. The van der Waals surface area contributed by atoms with Gasteiger partial charge in [-0.15, -0.1) is 0 Å². The molecule has 2 aliphatic rings. The number of nitrogens with two attached hydrogens (primary N) is 1. The molecule has 0 amide bonds. The zero-order chi connectivity index (χ0) is 19.9. The van der Waals surface area contributed by atoms with Crippen molar-refractivity contribution in [1.82, 2.24) is 4.90 Å². The van der Waals surface area contributed by atoms with Crippen molar-refractivity contribution in [3.05, 3.63) is 53.6 Å². The van der Waals surface area contributed by atoms with E-state index in [4.69, 9.17) is 14.6 Å². The quantitative estimate of drug-likeness (QED) is 0.850. The zero-order valence-electron chi connectivity index (χ0n) is 15.7. The summed E-state index contributed by atoms with van der Waals surface area (Å²) in [7, 11) is -0.446. The summed E-state index contributed by atoms with van der Waals surface area (Å²) in [6.07, 6.45) is 0.834. The van der Waals surface area contributed by atoms with Crippen molar-refractivity contribution < 1.29 is 17.9 Å². The standard InChI is InChI=1S/C19H22N4O4S/c1-22(17-9-10-26-18-6-4-3-5-15(17)18)19-21-16-8-7-14(11-13(16)12-27-19)23(2)28(20,24)25/h3-8,11,17H,9-10,12H2,1-2H3,(H2,20,24,25). The Morgan fingerprint density at radius 1 is 1.14 bits per heavy atom. The van der Waals surface area contributed by atoms with Crippen LogP contribution in [0.25, 0.3) is 0 Å². The first-order valence-corrected chi connectivity index (χ1v) is 10.4. The highest BCUT2D eigenvalue weighted by Gasteiger charge is 2.29. The van der Waals surface area contributed by atoms with Crippen molar-refractivity contribution in [2.45, 2.75) is 19.1 Å². The first-order valence-electron chi connectivity index (χ1n) is 8.90. The molecule has 28 heavy (non-hydrogen) atoms. The predicted octanol–water partition coefficient (Wildman–Crippen LogP) is 2.30. The average molecular weight is 402 g/mol. The first-order chi connectivity index (χ1) is 13.3. The van der Waals surface area contributed by atoms with Crippen molar-refractivity contribution in [3.63, 3.8) is 0 Å². The molecule has 0 saturated carbocycles. The molecule has 148 valence electrons. The van der Waals surface area contributed by atoms with Gasteiger partial charge in [0.1, 0.15) is 12.4 Å². The molecular weight excluding hydrogens is 380 g/mol. The molecule has 2 aliphatic heterocycles. The van der Waals surface area contributed by atoms with E-state index in [-0.39, 0.29) is 6.04 Å². The van der Waals surface area contributed by atoms with Gasteiger partial charge >= 0.3 is 0 Å². The van der Waals surface area contributed by atoms with Crippen LogP contribution < -0.4 is 14.2 Å². The van der Waals surface area contributed by atoms with Gasteiger partial charge in [-0.3, -0.25) is 4.31 Å². The highest BCUT2D eigenvalue weighted by Crippen LogP contribution is 2.37. The number of rotatable bonds is 3. The van der Waals surface area contributed by atoms with Gasteiger partial charge in [-0.05, 0) is 24.3 Å². The predicted molar refractivity (Wildman–Crippen MR) is 107 cm³/mol. The van der Waals surface area contributed by atoms with Gasteiger partial charge in [0.2, 0.25) is 0 Å². The number of nitrogens with zero attached hydrogens (tertiary/aromatic N) is 3. The van der Waals surface area contributed by atoms with Crippen molar-refractivity contribution in [2.24, 2.45) is 10.1 Å². The second-order valence-corrected chi connectivity index (χ2v) is 8.39. The second-order valence-electron chi connectivity index (χ2n) is 6.81. The van der Waals surface area contributed by atoms with Crippen LogP contribution in [0.2, 0.25) is 0 Å². The monoisotopic (exact) mass is 402 g/mol. The van der Waals surface area contributed by atoms with Crippen LogP contribution in [0.1, 0.15) is 23.6 Å². The van der Waals surface area contributed by atoms with Gasteiger partial charge in [-0.25, -0.2) is 5.14 Å². The van der Waals surface area contributed by atoms with Gasteiger partial charge in [0, 0.05) is 31.6 Å². The van der Waals surface area contributed by atoms with Crippen LogP contribution in [0.3, 0.4) is 0 Å². The van der Waals surface area contributed by atoms with E-state index in [9.17, 15) is 8.42 Å². The molecule has 0 aromatic heterocycles. The van der Waals surface area contributed by atoms with Crippen molar-refractivity contribution in [1.29, 1.82) is 0 Å². The summed E-state index contributed by atoms with van der Waals surface area (Å²) in [5, 5.41) is 5.19. The minimum absolute atomic E-state index is 0.109. The lowest BCUT2D eigenvalue weighted by molar-refractivity contribution is 0.168. The number of amidine groups is 1. The largest absolute Gasteiger partial charge is 0.493 e. The van der Waals surface area contributed by atoms with Crippen LogP contribution in [0.4, 0.5) is 11.4 Å². The van der Waals surface area contributed by atoms with E-state index in [2.05, 4.69) is 11.1 Å². The molecule has 0 radical (unpaired) electrons. The number of benzene rings is 2. The van der Waals surface area contributed by atoms with Gasteiger partial charge in [0.25, 0.3) is 16.2 Å². The van der Waals surface area contributed by atoms with Crippen LogP contribution in [-0.4, -0.2) is 40.0 Å². The zero-order valence-corrected chi connectivity index (χ0v) is 16.5. The molecule has 1 unspecified atom stereocenters. The van der Waals surface area contributed by atoms with Crippen LogP contribution in [0.15, 0.2) is 47.5 Å². The molecular formula is C19H22N4O4S. The van der Waals surface area contributed by atoms with Crippen LogP contribution >= 0.6 is 0 Å². The number of ether oxygens (including phenoxy) is 2. The summed E-state index contributed by atoms with van der Waals surface area (Å²) in [5.74, 6) is 0.887.